The zero-order chi connectivity index (χ0) is 17.5. The van der Waals surface area contributed by atoms with Crippen molar-refractivity contribution < 1.29 is 4.43 Å². The van der Waals surface area contributed by atoms with E-state index in [9.17, 15) is 0 Å². The van der Waals surface area contributed by atoms with E-state index < -0.39 is 8.32 Å². The molecule has 1 aliphatic carbocycles. The van der Waals surface area contributed by atoms with Crippen molar-refractivity contribution in [1.82, 2.24) is 0 Å². The van der Waals surface area contributed by atoms with Gasteiger partial charge < -0.3 is 4.43 Å². The molecule has 0 aromatic carbocycles. The molecule has 1 fully saturated rings. The second-order valence-corrected chi connectivity index (χ2v) is 13.6. The highest BCUT2D eigenvalue weighted by Crippen LogP contribution is 2.42. The van der Waals surface area contributed by atoms with Gasteiger partial charge in [0.05, 0.1) is 0 Å². The van der Waals surface area contributed by atoms with Gasteiger partial charge in [0.15, 0.2) is 8.32 Å². The van der Waals surface area contributed by atoms with Crippen LogP contribution in [0.1, 0.15) is 72.6 Å². The number of hydrogen-bond donors (Lipinski definition) is 0. The van der Waals surface area contributed by atoms with E-state index in [0.717, 1.165) is 6.42 Å². The molecule has 3 atom stereocenters. The first-order chi connectivity index (χ1) is 10.7. The molecule has 0 aromatic rings. The maximum Gasteiger partial charge on any atom is 0.192 e. The van der Waals surface area contributed by atoms with Gasteiger partial charge in [-0.05, 0) is 55.7 Å². The van der Waals surface area contributed by atoms with E-state index in [1.807, 2.05) is 0 Å². The maximum absolute atomic E-state index is 6.64. The number of rotatable bonds is 9. The molecule has 1 rings (SSSR count). The van der Waals surface area contributed by atoms with E-state index in [4.69, 9.17) is 4.43 Å². The zero-order valence-corrected chi connectivity index (χ0v) is 17.5. The molecule has 0 radical (unpaired) electrons. The van der Waals surface area contributed by atoms with Crippen LogP contribution in [0.15, 0.2) is 24.8 Å². The van der Waals surface area contributed by atoms with Gasteiger partial charge in [-0.3, -0.25) is 0 Å². The van der Waals surface area contributed by atoms with Crippen molar-refractivity contribution in [1.29, 1.82) is 0 Å². The lowest BCUT2D eigenvalue weighted by molar-refractivity contribution is 0.183. The number of unbranched alkanes of at least 4 members (excludes halogenated alkanes) is 4. The molecule has 1 nitrogen and oxygen atoms in total. The van der Waals surface area contributed by atoms with Crippen LogP contribution in [-0.2, 0) is 4.43 Å². The van der Waals surface area contributed by atoms with Crippen LogP contribution >= 0.6 is 0 Å². The fraction of sp³-hybridized carbons (Fsp3) is 0.810. The minimum Gasteiger partial charge on any atom is -0.414 e. The van der Waals surface area contributed by atoms with Crippen molar-refractivity contribution in [2.45, 2.75) is 96.9 Å². The van der Waals surface area contributed by atoms with E-state index in [-0.39, 0.29) is 0 Å². The summed E-state index contributed by atoms with van der Waals surface area (Å²) >= 11 is 0. The average Bonchev–Trinajstić information content (AvgIpc) is 2.82. The Kier molecular flexibility index (Phi) is 8.30. The van der Waals surface area contributed by atoms with E-state index in [0.29, 0.717) is 23.0 Å². The first kappa shape index (κ1) is 20.7. The molecule has 2 heteroatoms. The van der Waals surface area contributed by atoms with Gasteiger partial charge in [0.2, 0.25) is 0 Å². The fourth-order valence-electron chi connectivity index (χ4n) is 3.19. The molecular weight excluding hydrogens is 296 g/mol. The third-order valence-electron chi connectivity index (χ3n) is 5.80. The standard InChI is InChI=1S/C21H40OSi/c1-8-10-11-12-13-14-15-19-17-20(16-18(19)9-2)22-23(6,7)21(3,4)5/h9,14-15,18-20H,2,8,10-13,16-17H2,1,3-7H3/b15-14-/t18-,19+,20+/m0/s1. The molecule has 0 N–H and O–H groups in total. The summed E-state index contributed by atoms with van der Waals surface area (Å²) in [4.78, 5) is 0. The van der Waals surface area contributed by atoms with Crippen LogP contribution in [0.4, 0.5) is 0 Å². The highest BCUT2D eigenvalue weighted by molar-refractivity contribution is 6.74. The molecule has 0 aliphatic heterocycles. The topological polar surface area (TPSA) is 9.23 Å². The van der Waals surface area contributed by atoms with Crippen LogP contribution in [0.3, 0.4) is 0 Å². The zero-order valence-electron chi connectivity index (χ0n) is 16.5. The van der Waals surface area contributed by atoms with Crippen molar-refractivity contribution in [3.8, 4) is 0 Å². The summed E-state index contributed by atoms with van der Waals surface area (Å²) < 4.78 is 6.64. The Labute approximate surface area is 146 Å². The molecule has 0 aromatic heterocycles. The van der Waals surface area contributed by atoms with Crippen molar-refractivity contribution >= 4 is 8.32 Å². The lowest BCUT2D eigenvalue weighted by atomic mass is 9.95. The molecule has 134 valence electrons. The smallest absolute Gasteiger partial charge is 0.192 e. The Balaban J connectivity index is 2.50. The van der Waals surface area contributed by atoms with Gasteiger partial charge >= 0.3 is 0 Å². The average molecular weight is 337 g/mol. The Morgan fingerprint density at radius 2 is 1.74 bits per heavy atom. The highest BCUT2D eigenvalue weighted by Gasteiger charge is 2.42. The second-order valence-electron chi connectivity index (χ2n) is 8.81. The normalized spacial score (nSPS) is 26.1. The van der Waals surface area contributed by atoms with Crippen LogP contribution in [-0.4, -0.2) is 14.4 Å². The van der Waals surface area contributed by atoms with Crippen molar-refractivity contribution in [3.05, 3.63) is 24.8 Å². The molecule has 0 amide bonds. The van der Waals surface area contributed by atoms with Crippen LogP contribution in [0, 0.1) is 11.8 Å². The molecule has 23 heavy (non-hydrogen) atoms. The summed E-state index contributed by atoms with van der Waals surface area (Å²) in [6, 6.07) is 0. The lowest BCUT2D eigenvalue weighted by Gasteiger charge is -2.38. The Bertz CT molecular complexity index is 378. The first-order valence-electron chi connectivity index (χ1n) is 9.68. The van der Waals surface area contributed by atoms with E-state index in [1.54, 1.807) is 0 Å². The third kappa shape index (κ3) is 6.58. The van der Waals surface area contributed by atoms with E-state index in [1.165, 1.54) is 38.5 Å². The van der Waals surface area contributed by atoms with Gasteiger partial charge in [0, 0.05) is 6.10 Å². The molecule has 0 unspecified atom stereocenters. The summed E-state index contributed by atoms with van der Waals surface area (Å²) in [6.45, 7) is 18.0. The predicted molar refractivity (Wildman–Crippen MR) is 106 cm³/mol. The van der Waals surface area contributed by atoms with Gasteiger partial charge in [0.25, 0.3) is 0 Å². The van der Waals surface area contributed by atoms with Crippen molar-refractivity contribution in [2.75, 3.05) is 0 Å². The van der Waals surface area contributed by atoms with Gasteiger partial charge in [-0.25, -0.2) is 0 Å². The Hall–Kier alpha value is -0.343. The largest absolute Gasteiger partial charge is 0.414 e. The summed E-state index contributed by atoms with van der Waals surface area (Å²) in [5, 5.41) is 0.296. The summed E-state index contributed by atoms with van der Waals surface area (Å²) in [5.74, 6) is 1.23. The molecular formula is C21H40OSi. The van der Waals surface area contributed by atoms with E-state index >= 15 is 0 Å². The van der Waals surface area contributed by atoms with Crippen LogP contribution < -0.4 is 0 Å². The monoisotopic (exact) mass is 336 g/mol. The van der Waals surface area contributed by atoms with E-state index in [2.05, 4.69) is 65.6 Å². The first-order valence-corrected chi connectivity index (χ1v) is 12.6. The molecule has 1 saturated carbocycles. The molecule has 0 saturated heterocycles. The van der Waals surface area contributed by atoms with Crippen LogP contribution in [0.5, 0.6) is 0 Å². The van der Waals surface area contributed by atoms with Crippen molar-refractivity contribution in [2.24, 2.45) is 11.8 Å². The van der Waals surface area contributed by atoms with Gasteiger partial charge in [-0.2, -0.15) is 0 Å². The molecule has 0 spiro atoms. The molecule has 0 bridgehead atoms. The fourth-order valence-corrected chi connectivity index (χ4v) is 4.57. The quantitative estimate of drug-likeness (QED) is 0.247. The number of allylic oxidation sites excluding steroid dienone is 3. The predicted octanol–water partition coefficient (Wildman–Crippen LogP) is 7.12. The Morgan fingerprint density at radius 3 is 2.30 bits per heavy atom. The third-order valence-corrected chi connectivity index (χ3v) is 10.3. The highest BCUT2D eigenvalue weighted by atomic mass is 28.4. The molecule has 0 heterocycles. The lowest BCUT2D eigenvalue weighted by Crippen LogP contribution is -2.43. The minimum absolute atomic E-state index is 0.296. The maximum atomic E-state index is 6.64. The van der Waals surface area contributed by atoms with Gasteiger partial charge in [-0.1, -0.05) is 65.2 Å². The summed E-state index contributed by atoms with van der Waals surface area (Å²) in [5.41, 5.74) is 0. The van der Waals surface area contributed by atoms with Crippen LogP contribution in [0.25, 0.3) is 0 Å². The SMILES string of the molecule is C=C[C@H]1C[C@@H](O[Si](C)(C)C(C)(C)C)C[C@H]1/C=C\CCCCCC. The van der Waals surface area contributed by atoms with Gasteiger partial charge in [-0.15, -0.1) is 6.58 Å². The van der Waals surface area contributed by atoms with Crippen LogP contribution in [0.2, 0.25) is 18.1 Å². The van der Waals surface area contributed by atoms with Crippen molar-refractivity contribution in [3.63, 3.8) is 0 Å². The summed E-state index contributed by atoms with van der Waals surface area (Å²) in [6.07, 6.45) is 16.4. The van der Waals surface area contributed by atoms with Gasteiger partial charge in [0.1, 0.15) is 0 Å². The minimum atomic E-state index is -1.65. The second kappa shape index (κ2) is 9.22. The number of hydrogen-bond acceptors (Lipinski definition) is 1. The summed E-state index contributed by atoms with van der Waals surface area (Å²) in [7, 11) is -1.65. The Morgan fingerprint density at radius 1 is 1.09 bits per heavy atom. The molecule has 1 aliphatic rings.